The monoisotopic (exact) mass is 469 g/mol. The fourth-order valence-electron chi connectivity index (χ4n) is 4.40. The zero-order valence-electron chi connectivity index (χ0n) is 20.8. The minimum absolute atomic E-state index is 0.0634. The third-order valence-electron chi connectivity index (χ3n) is 6.20. The highest BCUT2D eigenvalue weighted by atomic mass is 16.5. The molecule has 0 bridgehead atoms. The maximum absolute atomic E-state index is 12.2. The molecule has 1 N–H and O–H groups in total. The van der Waals surface area contributed by atoms with E-state index in [-0.39, 0.29) is 5.91 Å². The van der Waals surface area contributed by atoms with Crippen LogP contribution in [0, 0.1) is 13.8 Å². The molecule has 1 aromatic heterocycles. The largest absolute Gasteiger partial charge is 0.493 e. The summed E-state index contributed by atoms with van der Waals surface area (Å²) in [5.41, 5.74) is 5.68. The Bertz CT molecular complexity index is 1250. The number of rotatable bonds is 12. The van der Waals surface area contributed by atoms with E-state index in [0.717, 1.165) is 54.9 Å². The van der Waals surface area contributed by atoms with Crippen molar-refractivity contribution in [1.29, 1.82) is 0 Å². The van der Waals surface area contributed by atoms with Crippen molar-refractivity contribution < 1.29 is 9.53 Å². The van der Waals surface area contributed by atoms with Crippen molar-refractivity contribution in [3.63, 3.8) is 0 Å². The molecule has 1 heterocycles. The highest BCUT2D eigenvalue weighted by Gasteiger charge is 2.11. The Morgan fingerprint density at radius 3 is 2.57 bits per heavy atom. The van der Waals surface area contributed by atoms with Crippen molar-refractivity contribution in [1.82, 2.24) is 14.9 Å². The van der Waals surface area contributed by atoms with Gasteiger partial charge in [-0.15, -0.1) is 0 Å². The van der Waals surface area contributed by atoms with Crippen LogP contribution in [0.3, 0.4) is 0 Å². The van der Waals surface area contributed by atoms with Crippen molar-refractivity contribution in [2.45, 2.75) is 52.5 Å². The number of amides is 1. The molecule has 0 radical (unpaired) electrons. The van der Waals surface area contributed by atoms with Gasteiger partial charge in [0.15, 0.2) is 0 Å². The molecule has 35 heavy (non-hydrogen) atoms. The van der Waals surface area contributed by atoms with Crippen molar-refractivity contribution in [2.24, 2.45) is 0 Å². The second-order valence-corrected chi connectivity index (χ2v) is 9.11. The van der Waals surface area contributed by atoms with Crippen LogP contribution in [-0.4, -0.2) is 28.6 Å². The van der Waals surface area contributed by atoms with Gasteiger partial charge in [-0.3, -0.25) is 4.79 Å². The van der Waals surface area contributed by atoms with Gasteiger partial charge in [0.25, 0.3) is 0 Å². The fourth-order valence-corrected chi connectivity index (χ4v) is 4.40. The van der Waals surface area contributed by atoms with E-state index in [0.29, 0.717) is 19.6 Å². The third-order valence-corrected chi connectivity index (χ3v) is 6.20. The molecule has 4 rings (SSSR count). The SMILES string of the molecule is Cc1ccc(OCCCCn2c(CCCNC(=O)Cc3ccccc3)nc3ccccc32)c(C)c1. The van der Waals surface area contributed by atoms with E-state index in [4.69, 9.17) is 9.72 Å². The Balaban J connectivity index is 1.26. The normalized spacial score (nSPS) is 11.0. The van der Waals surface area contributed by atoms with Gasteiger partial charge in [0.2, 0.25) is 5.91 Å². The second kappa shape index (κ2) is 12.2. The molecule has 0 unspecified atom stereocenters. The van der Waals surface area contributed by atoms with Crippen LogP contribution in [0.5, 0.6) is 5.75 Å². The summed E-state index contributed by atoms with van der Waals surface area (Å²) in [7, 11) is 0. The molecule has 5 nitrogen and oxygen atoms in total. The number of nitrogens with zero attached hydrogens (tertiary/aromatic N) is 2. The standard InChI is InChI=1S/C30H35N3O2/c1-23-16-17-28(24(2)21-23)35-20-9-8-19-33-27-14-7-6-13-26(27)32-29(33)15-10-18-31-30(34)22-25-11-4-3-5-12-25/h3-7,11-14,16-17,21H,8-10,15,18-20,22H2,1-2H3,(H,31,34). The third kappa shape index (κ3) is 6.95. The van der Waals surface area contributed by atoms with Crippen LogP contribution in [-0.2, 0) is 24.2 Å². The number of fused-ring (bicyclic) bond motifs is 1. The fraction of sp³-hybridized carbons (Fsp3) is 0.333. The zero-order valence-corrected chi connectivity index (χ0v) is 20.8. The average molecular weight is 470 g/mol. The summed E-state index contributed by atoms with van der Waals surface area (Å²) in [6, 6.07) is 24.5. The first-order valence-electron chi connectivity index (χ1n) is 12.5. The molecular weight excluding hydrogens is 434 g/mol. The average Bonchev–Trinajstić information content (AvgIpc) is 3.21. The second-order valence-electron chi connectivity index (χ2n) is 9.11. The van der Waals surface area contributed by atoms with Crippen molar-refractivity contribution in [3.05, 3.63) is 95.3 Å². The first-order valence-corrected chi connectivity index (χ1v) is 12.5. The number of aryl methyl sites for hydroxylation is 4. The molecule has 3 aromatic carbocycles. The maximum Gasteiger partial charge on any atom is 0.224 e. The van der Waals surface area contributed by atoms with Crippen LogP contribution in [0.15, 0.2) is 72.8 Å². The lowest BCUT2D eigenvalue weighted by atomic mass is 10.1. The molecule has 0 aliphatic heterocycles. The number of unbranched alkanes of at least 4 members (excludes halogenated alkanes) is 1. The smallest absolute Gasteiger partial charge is 0.224 e. The minimum Gasteiger partial charge on any atom is -0.493 e. The molecular formula is C30H35N3O2. The highest BCUT2D eigenvalue weighted by Crippen LogP contribution is 2.20. The maximum atomic E-state index is 12.2. The Morgan fingerprint density at radius 1 is 0.943 bits per heavy atom. The molecule has 0 saturated carbocycles. The van der Waals surface area contributed by atoms with E-state index in [2.05, 4.69) is 60.1 Å². The molecule has 0 aliphatic carbocycles. The molecule has 0 saturated heterocycles. The van der Waals surface area contributed by atoms with Crippen LogP contribution in [0.25, 0.3) is 11.0 Å². The summed E-state index contributed by atoms with van der Waals surface area (Å²) in [5, 5.41) is 3.05. The Hall–Kier alpha value is -3.60. The lowest BCUT2D eigenvalue weighted by Crippen LogP contribution is -2.26. The number of ether oxygens (including phenoxy) is 1. The van der Waals surface area contributed by atoms with E-state index in [1.807, 2.05) is 36.4 Å². The summed E-state index contributed by atoms with van der Waals surface area (Å²) in [4.78, 5) is 17.1. The van der Waals surface area contributed by atoms with Gasteiger partial charge in [-0.2, -0.15) is 0 Å². The predicted octanol–water partition coefficient (Wildman–Crippen LogP) is 5.80. The van der Waals surface area contributed by atoms with Gasteiger partial charge >= 0.3 is 0 Å². The number of aromatic nitrogens is 2. The summed E-state index contributed by atoms with van der Waals surface area (Å²) in [5.74, 6) is 2.12. The van der Waals surface area contributed by atoms with E-state index in [9.17, 15) is 4.79 Å². The lowest BCUT2D eigenvalue weighted by molar-refractivity contribution is -0.120. The van der Waals surface area contributed by atoms with Gasteiger partial charge < -0.3 is 14.6 Å². The van der Waals surface area contributed by atoms with Crippen molar-refractivity contribution in [2.75, 3.05) is 13.2 Å². The van der Waals surface area contributed by atoms with E-state index >= 15 is 0 Å². The molecule has 4 aromatic rings. The van der Waals surface area contributed by atoms with Crippen LogP contribution < -0.4 is 10.1 Å². The lowest BCUT2D eigenvalue weighted by Gasteiger charge is -2.12. The number of hydrogen-bond donors (Lipinski definition) is 1. The zero-order chi connectivity index (χ0) is 24.5. The molecule has 0 atom stereocenters. The predicted molar refractivity (Wildman–Crippen MR) is 142 cm³/mol. The molecule has 0 aliphatic rings. The quantitative estimate of drug-likeness (QED) is 0.267. The van der Waals surface area contributed by atoms with E-state index < -0.39 is 0 Å². The Kier molecular flexibility index (Phi) is 8.55. The van der Waals surface area contributed by atoms with Gasteiger partial charge in [-0.05, 0) is 62.4 Å². The molecule has 5 heteroatoms. The van der Waals surface area contributed by atoms with Crippen molar-refractivity contribution in [3.8, 4) is 5.75 Å². The summed E-state index contributed by atoms with van der Waals surface area (Å²) < 4.78 is 8.34. The van der Waals surface area contributed by atoms with Crippen LogP contribution in [0.1, 0.15) is 41.8 Å². The van der Waals surface area contributed by atoms with Crippen LogP contribution in [0.2, 0.25) is 0 Å². The number of imidazole rings is 1. The van der Waals surface area contributed by atoms with Gasteiger partial charge in [0.1, 0.15) is 11.6 Å². The van der Waals surface area contributed by atoms with Crippen LogP contribution >= 0.6 is 0 Å². The summed E-state index contributed by atoms with van der Waals surface area (Å²) >= 11 is 0. The minimum atomic E-state index is 0.0634. The number of hydrogen-bond acceptors (Lipinski definition) is 3. The topological polar surface area (TPSA) is 56.1 Å². The van der Waals surface area contributed by atoms with Crippen molar-refractivity contribution >= 4 is 16.9 Å². The van der Waals surface area contributed by atoms with E-state index in [1.54, 1.807) is 0 Å². The number of para-hydroxylation sites is 2. The number of carbonyl (C=O) groups excluding carboxylic acids is 1. The number of nitrogens with one attached hydrogen (secondary N) is 1. The van der Waals surface area contributed by atoms with Gasteiger partial charge in [0, 0.05) is 19.5 Å². The Morgan fingerprint density at radius 2 is 1.74 bits per heavy atom. The van der Waals surface area contributed by atoms with E-state index in [1.165, 1.54) is 16.6 Å². The highest BCUT2D eigenvalue weighted by molar-refractivity contribution is 5.78. The van der Waals surface area contributed by atoms with Gasteiger partial charge in [-0.1, -0.05) is 60.2 Å². The molecule has 0 spiro atoms. The number of benzene rings is 3. The Labute approximate surface area is 208 Å². The first-order chi connectivity index (χ1) is 17.1. The summed E-state index contributed by atoms with van der Waals surface area (Å²) in [6.07, 6.45) is 4.11. The summed E-state index contributed by atoms with van der Waals surface area (Å²) in [6.45, 7) is 6.46. The molecule has 1 amide bonds. The molecule has 0 fully saturated rings. The van der Waals surface area contributed by atoms with Gasteiger partial charge in [0.05, 0.1) is 24.1 Å². The van der Waals surface area contributed by atoms with Gasteiger partial charge in [-0.25, -0.2) is 4.98 Å². The molecule has 182 valence electrons. The number of carbonyl (C=O) groups is 1. The first kappa shape index (κ1) is 24.5. The van der Waals surface area contributed by atoms with Crippen LogP contribution in [0.4, 0.5) is 0 Å².